The van der Waals surface area contributed by atoms with Crippen molar-refractivity contribution in [3.05, 3.63) is 53.0 Å². The number of hydrogen-bond acceptors (Lipinski definition) is 5. The normalized spacial score (nSPS) is 12.9. The fraction of sp³-hybridized carbons (Fsp3) is 0.125. The first-order chi connectivity index (χ1) is 11.8. The van der Waals surface area contributed by atoms with Crippen molar-refractivity contribution in [2.45, 2.75) is 10.1 Å². The highest BCUT2D eigenvalue weighted by molar-refractivity contribution is 9.10. The third-order valence-corrected chi connectivity index (χ3v) is 5.80. The second-order valence-electron chi connectivity index (χ2n) is 5.36. The van der Waals surface area contributed by atoms with E-state index in [0.29, 0.717) is 11.4 Å². The fourth-order valence-corrected chi connectivity index (χ4v) is 3.52. The van der Waals surface area contributed by atoms with Gasteiger partial charge in [0.25, 0.3) is 0 Å². The van der Waals surface area contributed by atoms with E-state index in [9.17, 15) is 12.6 Å². The van der Waals surface area contributed by atoms with Crippen molar-refractivity contribution < 1.29 is 12.6 Å². The molecule has 0 N–H and O–H groups in total. The lowest BCUT2D eigenvalue weighted by atomic mass is 10.2. The van der Waals surface area contributed by atoms with Crippen LogP contribution in [-0.2, 0) is 20.6 Å². The summed E-state index contributed by atoms with van der Waals surface area (Å²) in [6.45, 7) is 0. The van der Waals surface area contributed by atoms with Crippen LogP contribution >= 0.6 is 15.9 Å². The first kappa shape index (κ1) is 18.0. The van der Waals surface area contributed by atoms with Gasteiger partial charge in [0.15, 0.2) is 15.7 Å². The average molecular weight is 440 g/mol. The number of nitrogens with zero attached hydrogens (tertiary/aromatic N) is 3. The monoisotopic (exact) mass is 439 g/mol. The van der Waals surface area contributed by atoms with Gasteiger partial charge in [-0.3, -0.25) is 4.21 Å². The minimum absolute atomic E-state index is 0.213. The number of aromatic nitrogens is 3. The van der Waals surface area contributed by atoms with Gasteiger partial charge in [-0.05, 0) is 48.5 Å². The van der Waals surface area contributed by atoms with Gasteiger partial charge in [-0.25, -0.2) is 13.1 Å². The van der Waals surface area contributed by atoms with Gasteiger partial charge in [0.05, 0.1) is 21.4 Å². The number of rotatable bonds is 4. The van der Waals surface area contributed by atoms with Crippen molar-refractivity contribution in [3.63, 3.8) is 0 Å². The van der Waals surface area contributed by atoms with E-state index in [4.69, 9.17) is 0 Å². The van der Waals surface area contributed by atoms with Gasteiger partial charge in [0.1, 0.15) is 0 Å². The Morgan fingerprint density at radius 2 is 1.64 bits per heavy atom. The molecule has 1 atom stereocenters. The summed E-state index contributed by atoms with van der Waals surface area (Å²) in [6.07, 6.45) is 2.67. The summed E-state index contributed by atoms with van der Waals surface area (Å²) in [5, 5.41) is 4.54. The van der Waals surface area contributed by atoms with Gasteiger partial charge in [0, 0.05) is 22.5 Å². The first-order valence-corrected chi connectivity index (χ1v) is 11.4. The van der Waals surface area contributed by atoms with Crippen LogP contribution in [0.5, 0.6) is 0 Å². The van der Waals surface area contributed by atoms with E-state index in [2.05, 4.69) is 26.0 Å². The van der Waals surface area contributed by atoms with Crippen LogP contribution in [0.3, 0.4) is 0 Å². The molecule has 0 bridgehead atoms. The molecule has 0 saturated heterocycles. The van der Waals surface area contributed by atoms with Gasteiger partial charge in [-0.1, -0.05) is 15.9 Å². The molecule has 25 heavy (non-hydrogen) atoms. The topological polar surface area (TPSA) is 81.9 Å². The molecule has 9 heteroatoms. The van der Waals surface area contributed by atoms with Crippen molar-refractivity contribution >= 4 is 36.6 Å². The summed E-state index contributed by atoms with van der Waals surface area (Å²) in [6, 6.07) is 13.8. The van der Waals surface area contributed by atoms with Crippen molar-refractivity contribution in [3.8, 4) is 17.1 Å². The van der Waals surface area contributed by atoms with Gasteiger partial charge in [-0.2, -0.15) is 4.98 Å². The second-order valence-corrected chi connectivity index (χ2v) is 9.56. The van der Waals surface area contributed by atoms with E-state index >= 15 is 0 Å². The summed E-state index contributed by atoms with van der Waals surface area (Å²) >= 11 is 3.39. The van der Waals surface area contributed by atoms with Gasteiger partial charge in [0.2, 0.25) is 5.16 Å². The maximum Gasteiger partial charge on any atom is 0.239 e. The van der Waals surface area contributed by atoms with Crippen LogP contribution in [0.4, 0.5) is 0 Å². The summed E-state index contributed by atoms with van der Waals surface area (Å²) < 4.78 is 37.6. The predicted molar refractivity (Wildman–Crippen MR) is 99.9 cm³/mol. The molecule has 2 aromatic carbocycles. The predicted octanol–water partition coefficient (Wildman–Crippen LogP) is 2.84. The zero-order valence-corrected chi connectivity index (χ0v) is 16.6. The smallest absolute Gasteiger partial charge is 0.239 e. The molecular weight excluding hydrogens is 426 g/mol. The lowest BCUT2D eigenvalue weighted by Gasteiger charge is -2.06. The highest BCUT2D eigenvalue weighted by atomic mass is 79.9. The maximum absolute atomic E-state index is 11.8. The largest absolute Gasteiger partial charge is 0.251 e. The molecule has 3 aromatic rings. The Labute approximate surface area is 156 Å². The SMILES string of the molecule is CS(=O)c1nc(-c2ccc(S(C)(=O)=O)cc2)n(-c2ccc(Br)cc2)n1. The second kappa shape index (κ2) is 6.81. The lowest BCUT2D eigenvalue weighted by molar-refractivity contribution is 0.602. The molecule has 1 unspecified atom stereocenters. The minimum atomic E-state index is -3.27. The van der Waals surface area contributed by atoms with Gasteiger partial charge >= 0.3 is 0 Å². The molecule has 0 aliphatic rings. The maximum atomic E-state index is 11.8. The zero-order chi connectivity index (χ0) is 18.2. The Morgan fingerprint density at radius 3 is 2.16 bits per heavy atom. The van der Waals surface area contributed by atoms with E-state index in [1.165, 1.54) is 18.4 Å². The Hall–Kier alpha value is -1.84. The van der Waals surface area contributed by atoms with Crippen LogP contribution < -0.4 is 0 Å². The van der Waals surface area contributed by atoms with Crippen molar-refractivity contribution in [1.82, 2.24) is 14.8 Å². The number of sulfone groups is 1. The van der Waals surface area contributed by atoms with Crippen LogP contribution in [-0.4, -0.2) is 39.9 Å². The Morgan fingerprint density at radius 1 is 1.04 bits per heavy atom. The molecule has 0 spiro atoms. The molecule has 0 aliphatic carbocycles. The first-order valence-electron chi connectivity index (χ1n) is 7.12. The van der Waals surface area contributed by atoms with E-state index in [1.807, 2.05) is 24.3 Å². The van der Waals surface area contributed by atoms with E-state index in [-0.39, 0.29) is 10.1 Å². The standard InChI is InChI=1S/C16H14BrN3O3S2/c1-24(21)16-18-15(11-3-9-14(10-4-11)25(2,22)23)20(19-16)13-7-5-12(17)6-8-13/h3-10H,1-2H3. The van der Waals surface area contributed by atoms with Crippen LogP contribution in [0.25, 0.3) is 17.1 Å². The third-order valence-electron chi connectivity index (χ3n) is 3.46. The van der Waals surface area contributed by atoms with Crippen LogP contribution in [0.2, 0.25) is 0 Å². The van der Waals surface area contributed by atoms with Crippen molar-refractivity contribution in [2.75, 3.05) is 12.5 Å². The highest BCUT2D eigenvalue weighted by Gasteiger charge is 2.16. The number of hydrogen-bond donors (Lipinski definition) is 0. The molecule has 0 saturated carbocycles. The quantitative estimate of drug-likeness (QED) is 0.623. The van der Waals surface area contributed by atoms with Gasteiger partial charge in [-0.15, -0.1) is 5.10 Å². The Balaban J connectivity index is 2.14. The van der Waals surface area contributed by atoms with Crippen LogP contribution in [0.1, 0.15) is 0 Å². The fourth-order valence-electron chi connectivity index (χ4n) is 2.22. The summed E-state index contributed by atoms with van der Waals surface area (Å²) in [4.78, 5) is 4.59. The summed E-state index contributed by atoms with van der Waals surface area (Å²) in [5.41, 5.74) is 1.44. The number of benzene rings is 2. The molecule has 1 aromatic heterocycles. The molecule has 130 valence electrons. The third kappa shape index (κ3) is 3.88. The lowest BCUT2D eigenvalue weighted by Crippen LogP contribution is -2.01. The molecular formula is C16H14BrN3O3S2. The van der Waals surface area contributed by atoms with E-state index < -0.39 is 20.6 Å². The van der Waals surface area contributed by atoms with Crippen molar-refractivity contribution in [2.24, 2.45) is 0 Å². The molecule has 0 aliphatic heterocycles. The summed E-state index contributed by atoms with van der Waals surface area (Å²) in [5.74, 6) is 0.493. The highest BCUT2D eigenvalue weighted by Crippen LogP contribution is 2.24. The molecule has 0 amide bonds. The molecule has 0 radical (unpaired) electrons. The summed E-state index contributed by atoms with van der Waals surface area (Å²) in [7, 11) is -4.61. The van der Waals surface area contributed by atoms with Gasteiger partial charge < -0.3 is 0 Å². The van der Waals surface area contributed by atoms with Crippen LogP contribution in [0.15, 0.2) is 63.1 Å². The molecule has 3 rings (SSSR count). The zero-order valence-electron chi connectivity index (χ0n) is 13.4. The minimum Gasteiger partial charge on any atom is -0.251 e. The Bertz CT molecular complexity index is 1040. The molecule has 6 nitrogen and oxygen atoms in total. The average Bonchev–Trinajstić information content (AvgIpc) is 3.00. The Kier molecular flexibility index (Phi) is 4.90. The van der Waals surface area contributed by atoms with Crippen LogP contribution in [0, 0.1) is 0 Å². The molecule has 0 fully saturated rings. The van der Waals surface area contributed by atoms with Crippen molar-refractivity contribution in [1.29, 1.82) is 0 Å². The molecule has 1 heterocycles. The van der Waals surface area contributed by atoms with E-state index in [1.54, 1.807) is 16.8 Å². The van der Waals surface area contributed by atoms with E-state index in [0.717, 1.165) is 16.4 Å². The number of halogens is 1.